The molecule has 0 saturated heterocycles. The molecule has 4 nitrogen and oxygen atoms in total. The lowest BCUT2D eigenvalue weighted by molar-refractivity contribution is -0.138. The zero-order valence-electron chi connectivity index (χ0n) is 13.7. The average Bonchev–Trinajstić information content (AvgIpc) is 3.01. The molecule has 1 heterocycles. The van der Waals surface area contributed by atoms with E-state index in [4.69, 9.17) is 5.73 Å². The molecule has 9 heteroatoms. The maximum absolute atomic E-state index is 13.9. The molecule has 140 valence electrons. The van der Waals surface area contributed by atoms with Crippen LogP contribution >= 0.6 is 11.3 Å². The minimum atomic E-state index is -4.53. The van der Waals surface area contributed by atoms with Gasteiger partial charge < -0.3 is 11.1 Å². The fourth-order valence-electron chi connectivity index (χ4n) is 2.45. The molecule has 3 N–H and O–H groups in total. The summed E-state index contributed by atoms with van der Waals surface area (Å²) in [6, 6.07) is 10.8. The van der Waals surface area contributed by atoms with E-state index in [1.54, 1.807) is 6.07 Å². The van der Waals surface area contributed by atoms with Crippen LogP contribution in [-0.2, 0) is 12.7 Å². The van der Waals surface area contributed by atoms with Gasteiger partial charge in [0.25, 0.3) is 5.91 Å². The summed E-state index contributed by atoms with van der Waals surface area (Å²) < 4.78 is 52.9. The molecule has 2 aromatic carbocycles. The Labute approximate surface area is 155 Å². The van der Waals surface area contributed by atoms with Gasteiger partial charge in [-0.25, -0.2) is 9.37 Å². The van der Waals surface area contributed by atoms with Crippen molar-refractivity contribution in [2.24, 2.45) is 0 Å². The quantitative estimate of drug-likeness (QED) is 0.640. The molecule has 0 unspecified atom stereocenters. The molecule has 0 bridgehead atoms. The molecule has 0 aliphatic rings. The van der Waals surface area contributed by atoms with E-state index >= 15 is 0 Å². The Morgan fingerprint density at radius 1 is 1.11 bits per heavy atom. The van der Waals surface area contributed by atoms with Gasteiger partial charge in [0.1, 0.15) is 15.8 Å². The van der Waals surface area contributed by atoms with Gasteiger partial charge in [-0.05, 0) is 23.8 Å². The monoisotopic (exact) mass is 395 g/mol. The number of nitrogens with one attached hydrogen (secondary N) is 1. The molecule has 0 atom stereocenters. The van der Waals surface area contributed by atoms with E-state index in [9.17, 15) is 22.4 Å². The van der Waals surface area contributed by atoms with E-state index < -0.39 is 23.5 Å². The Kier molecular flexibility index (Phi) is 5.13. The number of nitrogen functional groups attached to an aromatic ring is 1. The zero-order valence-corrected chi connectivity index (χ0v) is 14.5. The number of carbonyl (C=O) groups excluding carboxylic acids is 1. The van der Waals surface area contributed by atoms with Crippen LogP contribution < -0.4 is 11.1 Å². The highest BCUT2D eigenvalue weighted by Crippen LogP contribution is 2.33. The van der Waals surface area contributed by atoms with Crippen LogP contribution in [0.15, 0.2) is 48.5 Å². The highest BCUT2D eigenvalue weighted by Gasteiger charge is 2.33. The molecule has 3 aromatic rings. The van der Waals surface area contributed by atoms with Gasteiger partial charge in [0.05, 0.1) is 5.56 Å². The van der Waals surface area contributed by atoms with Crippen LogP contribution in [0.4, 0.5) is 22.6 Å². The van der Waals surface area contributed by atoms with Crippen LogP contribution in [0.5, 0.6) is 0 Å². The first-order valence-electron chi connectivity index (χ1n) is 7.72. The predicted molar refractivity (Wildman–Crippen MR) is 94.5 cm³/mol. The Balaban J connectivity index is 1.80. The van der Waals surface area contributed by atoms with Crippen LogP contribution in [0.2, 0.25) is 0 Å². The maximum Gasteiger partial charge on any atom is 0.416 e. The minimum Gasteiger partial charge on any atom is -0.389 e. The van der Waals surface area contributed by atoms with Crippen LogP contribution in [0.25, 0.3) is 10.6 Å². The second-order valence-electron chi connectivity index (χ2n) is 5.55. The van der Waals surface area contributed by atoms with Crippen molar-refractivity contribution in [3.05, 3.63) is 71.2 Å². The number of hydrogen-bond acceptors (Lipinski definition) is 4. The molecule has 0 aliphatic heterocycles. The standard InChI is InChI=1S/C18H13F4N3OS/c19-13-8-4-2-6-11(13)17-25-14(15(23)27-17)16(26)24-9-10-5-1-3-7-12(10)18(20,21)22/h1-8H,9,23H2,(H,24,26). The highest BCUT2D eigenvalue weighted by molar-refractivity contribution is 7.19. The van der Waals surface area contributed by atoms with E-state index in [0.717, 1.165) is 17.4 Å². The minimum absolute atomic E-state index is 0.0508. The molecule has 1 amide bonds. The fraction of sp³-hybridized carbons (Fsp3) is 0.111. The number of rotatable bonds is 4. The number of alkyl halides is 3. The summed E-state index contributed by atoms with van der Waals surface area (Å²) in [7, 11) is 0. The second kappa shape index (κ2) is 7.36. The van der Waals surface area contributed by atoms with E-state index in [-0.39, 0.29) is 33.4 Å². The summed E-state index contributed by atoms with van der Waals surface area (Å²) in [5.74, 6) is -1.25. The number of nitrogens with zero attached hydrogens (tertiary/aromatic N) is 1. The Hall–Kier alpha value is -2.94. The Morgan fingerprint density at radius 3 is 2.48 bits per heavy atom. The summed E-state index contributed by atoms with van der Waals surface area (Å²) in [6.45, 7) is -0.347. The molecular weight excluding hydrogens is 382 g/mol. The SMILES string of the molecule is Nc1sc(-c2ccccc2F)nc1C(=O)NCc1ccccc1C(F)(F)F. The smallest absolute Gasteiger partial charge is 0.389 e. The number of aromatic nitrogens is 1. The highest BCUT2D eigenvalue weighted by atomic mass is 32.1. The lowest BCUT2D eigenvalue weighted by Crippen LogP contribution is -2.25. The third kappa shape index (κ3) is 4.08. The van der Waals surface area contributed by atoms with Crippen LogP contribution in [0.1, 0.15) is 21.6 Å². The van der Waals surface area contributed by atoms with Crippen molar-refractivity contribution in [1.29, 1.82) is 0 Å². The summed E-state index contributed by atoms with van der Waals surface area (Å²) in [5, 5.41) is 2.64. The third-order valence-electron chi connectivity index (χ3n) is 3.73. The molecular formula is C18H13F4N3OS. The van der Waals surface area contributed by atoms with Gasteiger partial charge in [-0.2, -0.15) is 13.2 Å². The van der Waals surface area contributed by atoms with Crippen molar-refractivity contribution in [2.45, 2.75) is 12.7 Å². The van der Waals surface area contributed by atoms with Crippen LogP contribution in [0, 0.1) is 5.82 Å². The number of anilines is 1. The van der Waals surface area contributed by atoms with Gasteiger partial charge in [-0.15, -0.1) is 0 Å². The molecule has 0 aliphatic carbocycles. The topological polar surface area (TPSA) is 68.0 Å². The molecule has 27 heavy (non-hydrogen) atoms. The zero-order chi connectivity index (χ0) is 19.6. The van der Waals surface area contributed by atoms with Gasteiger partial charge in [-0.3, -0.25) is 4.79 Å². The van der Waals surface area contributed by atoms with E-state index in [2.05, 4.69) is 10.3 Å². The largest absolute Gasteiger partial charge is 0.416 e. The van der Waals surface area contributed by atoms with E-state index in [1.807, 2.05) is 0 Å². The van der Waals surface area contributed by atoms with E-state index in [1.165, 1.54) is 36.4 Å². The van der Waals surface area contributed by atoms with Crippen LogP contribution in [0.3, 0.4) is 0 Å². The predicted octanol–water partition coefficient (Wildman–Crippen LogP) is 4.48. The van der Waals surface area contributed by atoms with Crippen molar-refractivity contribution in [2.75, 3.05) is 5.73 Å². The third-order valence-corrected chi connectivity index (χ3v) is 4.65. The first-order valence-corrected chi connectivity index (χ1v) is 8.53. The van der Waals surface area contributed by atoms with Gasteiger partial charge in [0.15, 0.2) is 5.69 Å². The first kappa shape index (κ1) is 18.8. The number of amides is 1. The number of hydrogen-bond donors (Lipinski definition) is 2. The van der Waals surface area contributed by atoms with Gasteiger partial charge in [-0.1, -0.05) is 41.7 Å². The summed E-state index contributed by atoms with van der Waals surface area (Å²) in [6.07, 6.45) is -4.53. The molecule has 0 saturated carbocycles. The normalized spacial score (nSPS) is 11.4. The molecule has 0 radical (unpaired) electrons. The summed E-state index contributed by atoms with van der Waals surface area (Å²) in [5.41, 5.74) is 4.92. The number of halogens is 4. The Morgan fingerprint density at radius 2 is 1.78 bits per heavy atom. The van der Waals surface area contributed by atoms with Crippen molar-refractivity contribution in [3.63, 3.8) is 0 Å². The van der Waals surface area contributed by atoms with Crippen molar-refractivity contribution in [3.8, 4) is 10.6 Å². The van der Waals surface area contributed by atoms with Crippen molar-refractivity contribution < 1.29 is 22.4 Å². The first-order chi connectivity index (χ1) is 12.8. The number of carbonyl (C=O) groups is 1. The molecule has 3 rings (SSSR count). The molecule has 0 fully saturated rings. The molecule has 1 aromatic heterocycles. The van der Waals surface area contributed by atoms with Gasteiger partial charge in [0, 0.05) is 12.1 Å². The summed E-state index contributed by atoms with van der Waals surface area (Å²) in [4.78, 5) is 16.4. The van der Waals surface area contributed by atoms with Crippen LogP contribution in [-0.4, -0.2) is 10.9 Å². The summed E-state index contributed by atoms with van der Waals surface area (Å²) >= 11 is 0.925. The lowest BCUT2D eigenvalue weighted by atomic mass is 10.1. The van der Waals surface area contributed by atoms with Crippen molar-refractivity contribution >= 4 is 22.2 Å². The lowest BCUT2D eigenvalue weighted by Gasteiger charge is -2.12. The fourth-order valence-corrected chi connectivity index (χ4v) is 3.31. The van der Waals surface area contributed by atoms with Gasteiger partial charge in [0.2, 0.25) is 0 Å². The van der Waals surface area contributed by atoms with Gasteiger partial charge >= 0.3 is 6.18 Å². The second-order valence-corrected chi connectivity index (χ2v) is 6.58. The number of nitrogens with two attached hydrogens (primary N) is 1. The maximum atomic E-state index is 13.9. The number of benzene rings is 2. The van der Waals surface area contributed by atoms with E-state index in [0.29, 0.717) is 0 Å². The average molecular weight is 395 g/mol. The number of thiazole rings is 1. The Bertz CT molecular complexity index is 985. The van der Waals surface area contributed by atoms with Crippen molar-refractivity contribution in [1.82, 2.24) is 10.3 Å². The molecule has 0 spiro atoms.